The maximum atomic E-state index is 11.6. The number of hydrogen-bond acceptors (Lipinski definition) is 3. The quantitative estimate of drug-likeness (QED) is 0.763. The van der Waals surface area contributed by atoms with Crippen LogP contribution in [0.2, 0.25) is 5.15 Å². The zero-order valence-corrected chi connectivity index (χ0v) is 9.16. The number of carbonyl (C=O) groups excluding carboxylic acids is 1. The standard InChI is InChI=1S/C10H13ClN2O2/c1-7(5-6-14)12-10(15)8-3-2-4-9(11)13-8/h2-4,7,14H,5-6H2,1H3,(H,12,15). The smallest absolute Gasteiger partial charge is 0.270 e. The molecular formula is C10H13ClN2O2. The van der Waals surface area contributed by atoms with E-state index in [2.05, 4.69) is 10.3 Å². The number of nitrogens with one attached hydrogen (secondary N) is 1. The number of rotatable bonds is 4. The van der Waals surface area contributed by atoms with Crippen molar-refractivity contribution in [1.29, 1.82) is 0 Å². The average Bonchev–Trinajstić information content (AvgIpc) is 2.18. The maximum absolute atomic E-state index is 11.6. The highest BCUT2D eigenvalue weighted by Gasteiger charge is 2.10. The van der Waals surface area contributed by atoms with E-state index < -0.39 is 0 Å². The highest BCUT2D eigenvalue weighted by Crippen LogP contribution is 2.05. The summed E-state index contributed by atoms with van der Waals surface area (Å²) in [7, 11) is 0. The van der Waals surface area contributed by atoms with Gasteiger partial charge >= 0.3 is 0 Å². The molecule has 0 spiro atoms. The van der Waals surface area contributed by atoms with Crippen molar-refractivity contribution >= 4 is 17.5 Å². The lowest BCUT2D eigenvalue weighted by Crippen LogP contribution is -2.33. The Kier molecular flexibility index (Phi) is 4.52. The van der Waals surface area contributed by atoms with Crippen molar-refractivity contribution in [3.63, 3.8) is 0 Å². The number of aliphatic hydroxyl groups is 1. The zero-order chi connectivity index (χ0) is 11.3. The summed E-state index contributed by atoms with van der Waals surface area (Å²) < 4.78 is 0. The number of nitrogens with zero attached hydrogens (tertiary/aromatic N) is 1. The Balaban J connectivity index is 2.61. The van der Waals surface area contributed by atoms with Gasteiger partial charge in [0.25, 0.3) is 5.91 Å². The zero-order valence-electron chi connectivity index (χ0n) is 8.40. The first-order valence-electron chi connectivity index (χ1n) is 4.67. The van der Waals surface area contributed by atoms with Gasteiger partial charge < -0.3 is 10.4 Å². The first-order chi connectivity index (χ1) is 7.13. The van der Waals surface area contributed by atoms with Gasteiger partial charge in [-0.25, -0.2) is 4.98 Å². The number of carbonyl (C=O) groups is 1. The van der Waals surface area contributed by atoms with Crippen LogP contribution in [0.3, 0.4) is 0 Å². The molecule has 1 aromatic heterocycles. The summed E-state index contributed by atoms with van der Waals surface area (Å²) >= 11 is 5.66. The summed E-state index contributed by atoms with van der Waals surface area (Å²) in [6.07, 6.45) is 0.520. The molecule has 4 nitrogen and oxygen atoms in total. The van der Waals surface area contributed by atoms with Gasteiger partial charge in [-0.15, -0.1) is 0 Å². The molecule has 0 saturated heterocycles. The lowest BCUT2D eigenvalue weighted by Gasteiger charge is -2.11. The second kappa shape index (κ2) is 5.68. The molecule has 1 atom stereocenters. The molecule has 2 N–H and O–H groups in total. The van der Waals surface area contributed by atoms with E-state index in [1.807, 2.05) is 6.92 Å². The molecule has 1 unspecified atom stereocenters. The minimum absolute atomic E-state index is 0.0461. The topological polar surface area (TPSA) is 62.2 Å². The van der Waals surface area contributed by atoms with Crippen LogP contribution in [-0.2, 0) is 0 Å². The van der Waals surface area contributed by atoms with Crippen molar-refractivity contribution in [1.82, 2.24) is 10.3 Å². The molecule has 1 amide bonds. The summed E-state index contributed by atoms with van der Waals surface area (Å²) in [4.78, 5) is 15.4. The molecule has 82 valence electrons. The van der Waals surface area contributed by atoms with Gasteiger partial charge in [0.05, 0.1) is 0 Å². The largest absolute Gasteiger partial charge is 0.396 e. The maximum Gasteiger partial charge on any atom is 0.270 e. The van der Waals surface area contributed by atoms with Crippen LogP contribution in [0.1, 0.15) is 23.8 Å². The molecule has 0 aliphatic heterocycles. The minimum Gasteiger partial charge on any atom is -0.396 e. The molecule has 15 heavy (non-hydrogen) atoms. The number of aromatic nitrogens is 1. The van der Waals surface area contributed by atoms with E-state index in [1.165, 1.54) is 0 Å². The molecule has 1 rings (SSSR count). The van der Waals surface area contributed by atoms with Crippen molar-refractivity contribution in [2.75, 3.05) is 6.61 Å². The number of aliphatic hydroxyl groups excluding tert-OH is 1. The summed E-state index contributed by atoms with van der Waals surface area (Å²) in [6.45, 7) is 1.86. The third-order valence-electron chi connectivity index (χ3n) is 1.89. The molecule has 0 aromatic carbocycles. The third-order valence-corrected chi connectivity index (χ3v) is 2.10. The Morgan fingerprint density at radius 3 is 3.00 bits per heavy atom. The van der Waals surface area contributed by atoms with Crippen molar-refractivity contribution in [2.45, 2.75) is 19.4 Å². The van der Waals surface area contributed by atoms with E-state index in [1.54, 1.807) is 18.2 Å². The van der Waals surface area contributed by atoms with Crippen LogP contribution in [0.4, 0.5) is 0 Å². The first kappa shape index (κ1) is 11.9. The van der Waals surface area contributed by atoms with Gasteiger partial charge in [-0.3, -0.25) is 4.79 Å². The lowest BCUT2D eigenvalue weighted by atomic mass is 10.2. The average molecular weight is 229 g/mol. The molecule has 0 fully saturated rings. The van der Waals surface area contributed by atoms with Gasteiger partial charge in [-0.1, -0.05) is 17.7 Å². The highest BCUT2D eigenvalue weighted by atomic mass is 35.5. The van der Waals surface area contributed by atoms with Crippen LogP contribution >= 0.6 is 11.6 Å². The second-order valence-electron chi connectivity index (χ2n) is 3.23. The lowest BCUT2D eigenvalue weighted by molar-refractivity contribution is 0.0929. The minimum atomic E-state index is -0.279. The summed E-state index contributed by atoms with van der Waals surface area (Å²) in [5, 5.41) is 11.7. The van der Waals surface area contributed by atoms with Crippen LogP contribution in [0.5, 0.6) is 0 Å². The van der Waals surface area contributed by atoms with Gasteiger partial charge in [0, 0.05) is 12.6 Å². The predicted octanol–water partition coefficient (Wildman–Crippen LogP) is 1.24. The Labute approximate surface area is 93.3 Å². The number of pyridine rings is 1. The summed E-state index contributed by atoms with van der Waals surface area (Å²) in [6, 6.07) is 4.78. The molecule has 0 aliphatic rings. The number of amides is 1. The van der Waals surface area contributed by atoms with E-state index in [0.717, 1.165) is 0 Å². The fourth-order valence-corrected chi connectivity index (χ4v) is 1.26. The Bertz CT molecular complexity index is 344. The van der Waals surface area contributed by atoms with Crippen molar-refractivity contribution in [3.05, 3.63) is 29.0 Å². The van der Waals surface area contributed by atoms with Crippen molar-refractivity contribution in [3.8, 4) is 0 Å². The van der Waals surface area contributed by atoms with Crippen LogP contribution in [0.25, 0.3) is 0 Å². The van der Waals surface area contributed by atoms with Crippen LogP contribution < -0.4 is 5.32 Å². The molecule has 1 heterocycles. The van der Waals surface area contributed by atoms with Gasteiger partial charge in [-0.05, 0) is 25.5 Å². The number of hydrogen-bond donors (Lipinski definition) is 2. The fourth-order valence-electron chi connectivity index (χ4n) is 1.10. The molecular weight excluding hydrogens is 216 g/mol. The van der Waals surface area contributed by atoms with Crippen molar-refractivity contribution in [2.24, 2.45) is 0 Å². The van der Waals surface area contributed by atoms with Crippen LogP contribution in [-0.4, -0.2) is 28.6 Å². The number of halogens is 1. The summed E-state index contributed by atoms with van der Waals surface area (Å²) in [5.74, 6) is -0.279. The molecule has 0 aliphatic carbocycles. The fraction of sp³-hybridized carbons (Fsp3) is 0.400. The van der Waals surface area contributed by atoms with Gasteiger partial charge in [0.15, 0.2) is 0 Å². The Morgan fingerprint density at radius 1 is 1.67 bits per heavy atom. The third kappa shape index (κ3) is 3.85. The van der Waals surface area contributed by atoms with Crippen LogP contribution in [0.15, 0.2) is 18.2 Å². The molecule has 0 radical (unpaired) electrons. The molecule has 0 bridgehead atoms. The highest BCUT2D eigenvalue weighted by molar-refractivity contribution is 6.29. The van der Waals surface area contributed by atoms with E-state index >= 15 is 0 Å². The van der Waals surface area contributed by atoms with Crippen molar-refractivity contribution < 1.29 is 9.90 Å². The summed E-state index contributed by atoms with van der Waals surface area (Å²) in [5.41, 5.74) is 0.285. The molecule has 5 heteroatoms. The Morgan fingerprint density at radius 2 is 2.40 bits per heavy atom. The second-order valence-corrected chi connectivity index (χ2v) is 3.62. The Hall–Kier alpha value is -1.13. The van der Waals surface area contributed by atoms with E-state index in [0.29, 0.717) is 6.42 Å². The van der Waals surface area contributed by atoms with Gasteiger partial charge in [-0.2, -0.15) is 0 Å². The van der Waals surface area contributed by atoms with E-state index in [-0.39, 0.29) is 29.4 Å². The predicted molar refractivity (Wildman–Crippen MR) is 57.9 cm³/mol. The van der Waals surface area contributed by atoms with Gasteiger partial charge in [0.1, 0.15) is 10.8 Å². The SMILES string of the molecule is CC(CCO)NC(=O)c1cccc(Cl)n1. The molecule has 1 aromatic rings. The van der Waals surface area contributed by atoms with Gasteiger partial charge in [0.2, 0.25) is 0 Å². The monoisotopic (exact) mass is 228 g/mol. The van der Waals surface area contributed by atoms with Crippen LogP contribution in [0, 0.1) is 0 Å². The first-order valence-corrected chi connectivity index (χ1v) is 5.05. The van der Waals surface area contributed by atoms with E-state index in [9.17, 15) is 4.79 Å². The van der Waals surface area contributed by atoms with E-state index in [4.69, 9.17) is 16.7 Å². The normalized spacial score (nSPS) is 12.2. The molecule has 0 saturated carbocycles.